The molecule has 0 saturated carbocycles. The van der Waals surface area contributed by atoms with E-state index < -0.39 is 0 Å². The minimum Gasteiger partial charge on any atom is -0.465 e. The molecule has 0 amide bonds. The van der Waals surface area contributed by atoms with Gasteiger partial charge in [0.05, 0.1) is 13.7 Å². The van der Waals surface area contributed by atoms with E-state index in [-0.39, 0.29) is 5.97 Å². The zero-order valence-corrected chi connectivity index (χ0v) is 12.8. The predicted molar refractivity (Wildman–Crippen MR) is 81.0 cm³/mol. The van der Waals surface area contributed by atoms with E-state index in [1.165, 1.54) is 12.7 Å². The first-order valence-electron chi connectivity index (χ1n) is 7.08. The number of nitrogens with zero attached hydrogens (tertiary/aromatic N) is 1. The third kappa shape index (κ3) is 3.95. The summed E-state index contributed by atoms with van der Waals surface area (Å²) < 4.78 is 10.4. The van der Waals surface area contributed by atoms with Crippen LogP contribution in [0.4, 0.5) is 0 Å². The van der Waals surface area contributed by atoms with E-state index in [1.807, 2.05) is 18.2 Å². The normalized spacial score (nSPS) is 10.9. The van der Waals surface area contributed by atoms with Gasteiger partial charge in [0.25, 0.3) is 0 Å². The Morgan fingerprint density at radius 1 is 1.24 bits per heavy atom. The lowest BCUT2D eigenvalue weighted by Crippen LogP contribution is -2.22. The van der Waals surface area contributed by atoms with Crippen molar-refractivity contribution in [1.82, 2.24) is 4.90 Å². The van der Waals surface area contributed by atoms with Gasteiger partial charge in [0.2, 0.25) is 0 Å². The third-order valence-corrected chi connectivity index (χ3v) is 3.45. The Bertz CT molecular complexity index is 589. The Labute approximate surface area is 125 Å². The zero-order chi connectivity index (χ0) is 15.2. The Balaban J connectivity index is 2.07. The summed E-state index contributed by atoms with van der Waals surface area (Å²) in [5.41, 5.74) is 1.76. The molecule has 0 atom stereocenters. The number of furan rings is 1. The van der Waals surface area contributed by atoms with E-state index in [9.17, 15) is 4.79 Å². The molecular formula is C17H21NO3. The van der Waals surface area contributed by atoms with E-state index >= 15 is 0 Å². The summed E-state index contributed by atoms with van der Waals surface area (Å²) in [5, 5.41) is 0. The first kappa shape index (κ1) is 15.3. The fraction of sp³-hybridized carbons (Fsp3) is 0.353. The van der Waals surface area contributed by atoms with Crippen molar-refractivity contribution < 1.29 is 13.9 Å². The maximum absolute atomic E-state index is 11.6. The number of hydrogen-bond acceptors (Lipinski definition) is 4. The van der Waals surface area contributed by atoms with E-state index in [1.54, 1.807) is 13.0 Å². The van der Waals surface area contributed by atoms with Gasteiger partial charge in [-0.2, -0.15) is 0 Å². The molecule has 0 N–H and O–H groups in total. The van der Waals surface area contributed by atoms with Crippen molar-refractivity contribution in [2.24, 2.45) is 0 Å². The molecule has 2 rings (SSSR count). The third-order valence-electron chi connectivity index (χ3n) is 3.45. The van der Waals surface area contributed by atoms with Gasteiger partial charge in [-0.25, -0.2) is 4.79 Å². The molecule has 2 aromatic rings. The number of methoxy groups -OCH3 is 1. The fourth-order valence-corrected chi connectivity index (χ4v) is 2.28. The van der Waals surface area contributed by atoms with Crippen LogP contribution in [0.15, 0.2) is 40.8 Å². The van der Waals surface area contributed by atoms with Crippen molar-refractivity contribution in [3.8, 4) is 0 Å². The monoisotopic (exact) mass is 287 g/mol. The van der Waals surface area contributed by atoms with Gasteiger partial charge in [0.1, 0.15) is 17.1 Å². The summed E-state index contributed by atoms with van der Waals surface area (Å²) in [5.74, 6) is 1.03. The average molecular weight is 287 g/mol. The molecule has 0 spiro atoms. The molecular weight excluding hydrogens is 266 g/mol. The molecule has 1 heterocycles. The van der Waals surface area contributed by atoms with Crippen LogP contribution in [0.1, 0.15) is 34.4 Å². The van der Waals surface area contributed by atoms with Crippen molar-refractivity contribution in [2.45, 2.75) is 26.9 Å². The van der Waals surface area contributed by atoms with E-state index in [0.717, 1.165) is 18.8 Å². The quantitative estimate of drug-likeness (QED) is 0.764. The molecule has 4 nitrogen and oxygen atoms in total. The maximum atomic E-state index is 11.6. The molecule has 1 aromatic heterocycles. The topological polar surface area (TPSA) is 42.7 Å². The van der Waals surface area contributed by atoms with Crippen LogP contribution in [0.5, 0.6) is 0 Å². The highest BCUT2D eigenvalue weighted by molar-refractivity contribution is 5.90. The number of hydrogen-bond donors (Lipinski definition) is 0. The number of rotatable bonds is 6. The number of esters is 1. The molecule has 1 aromatic carbocycles. The molecule has 0 unspecified atom stereocenters. The lowest BCUT2D eigenvalue weighted by molar-refractivity contribution is 0.0599. The van der Waals surface area contributed by atoms with E-state index in [0.29, 0.717) is 17.9 Å². The van der Waals surface area contributed by atoms with Crippen molar-refractivity contribution in [2.75, 3.05) is 13.7 Å². The number of carbonyl (C=O) groups is 1. The minimum absolute atomic E-state index is 0.353. The fourth-order valence-electron chi connectivity index (χ4n) is 2.28. The van der Waals surface area contributed by atoms with Crippen LogP contribution in [-0.2, 0) is 17.8 Å². The van der Waals surface area contributed by atoms with Crippen LogP contribution in [0.25, 0.3) is 0 Å². The highest BCUT2D eigenvalue weighted by Gasteiger charge is 2.16. The van der Waals surface area contributed by atoms with Crippen molar-refractivity contribution in [1.29, 1.82) is 0 Å². The second kappa shape index (κ2) is 7.09. The molecule has 0 saturated heterocycles. The Kier molecular flexibility index (Phi) is 5.17. The van der Waals surface area contributed by atoms with Gasteiger partial charge in [0.15, 0.2) is 0 Å². The number of aryl methyl sites for hydroxylation is 1. The summed E-state index contributed by atoms with van der Waals surface area (Å²) >= 11 is 0. The second-order valence-electron chi connectivity index (χ2n) is 4.96. The number of carbonyl (C=O) groups excluding carboxylic acids is 1. The summed E-state index contributed by atoms with van der Waals surface area (Å²) in [7, 11) is 1.38. The van der Waals surface area contributed by atoms with Crippen molar-refractivity contribution in [3.05, 3.63) is 59.0 Å². The zero-order valence-electron chi connectivity index (χ0n) is 12.8. The predicted octanol–water partition coefficient (Wildman–Crippen LogP) is 3.40. The molecule has 4 heteroatoms. The number of ether oxygens (including phenoxy) is 1. The van der Waals surface area contributed by atoms with Crippen molar-refractivity contribution >= 4 is 5.97 Å². The summed E-state index contributed by atoms with van der Waals surface area (Å²) in [6.07, 6.45) is 0. The van der Waals surface area contributed by atoms with Gasteiger partial charge < -0.3 is 9.15 Å². The van der Waals surface area contributed by atoms with Crippen LogP contribution in [0.3, 0.4) is 0 Å². The van der Waals surface area contributed by atoms with Crippen LogP contribution in [-0.4, -0.2) is 24.5 Å². The Morgan fingerprint density at radius 2 is 1.95 bits per heavy atom. The maximum Gasteiger partial charge on any atom is 0.341 e. The first-order chi connectivity index (χ1) is 10.1. The van der Waals surface area contributed by atoms with E-state index in [2.05, 4.69) is 24.0 Å². The standard InChI is InChI=1S/C17H21NO3/c1-4-18(11-14-8-6-5-7-9-14)12-15-10-16(13(2)21-15)17(19)20-3/h5-10H,4,11-12H2,1-3H3. The smallest absolute Gasteiger partial charge is 0.341 e. The van der Waals surface area contributed by atoms with Crippen molar-refractivity contribution in [3.63, 3.8) is 0 Å². The van der Waals surface area contributed by atoms with Crippen LogP contribution in [0.2, 0.25) is 0 Å². The molecule has 0 bridgehead atoms. The summed E-state index contributed by atoms with van der Waals surface area (Å²) in [4.78, 5) is 13.9. The minimum atomic E-state index is -0.353. The van der Waals surface area contributed by atoms with Crippen LogP contribution < -0.4 is 0 Å². The highest BCUT2D eigenvalue weighted by atomic mass is 16.5. The van der Waals surface area contributed by atoms with Gasteiger partial charge in [-0.05, 0) is 25.1 Å². The molecule has 0 radical (unpaired) electrons. The molecule has 21 heavy (non-hydrogen) atoms. The SMILES string of the molecule is CCN(Cc1ccccc1)Cc1cc(C(=O)OC)c(C)o1. The van der Waals surface area contributed by atoms with Gasteiger partial charge >= 0.3 is 5.97 Å². The molecule has 0 aliphatic carbocycles. The summed E-state index contributed by atoms with van der Waals surface area (Å²) in [6.45, 7) is 6.32. The van der Waals surface area contributed by atoms with Crippen LogP contribution in [0, 0.1) is 6.92 Å². The molecule has 0 aliphatic rings. The number of benzene rings is 1. The Hall–Kier alpha value is -2.07. The van der Waals surface area contributed by atoms with Gasteiger partial charge in [-0.1, -0.05) is 37.3 Å². The lowest BCUT2D eigenvalue weighted by atomic mass is 10.2. The lowest BCUT2D eigenvalue weighted by Gasteiger charge is -2.19. The largest absolute Gasteiger partial charge is 0.465 e. The molecule has 0 fully saturated rings. The van der Waals surface area contributed by atoms with Gasteiger partial charge in [0, 0.05) is 6.54 Å². The van der Waals surface area contributed by atoms with Gasteiger partial charge in [-0.15, -0.1) is 0 Å². The summed E-state index contributed by atoms with van der Waals surface area (Å²) in [6, 6.07) is 12.1. The molecule has 0 aliphatic heterocycles. The van der Waals surface area contributed by atoms with E-state index in [4.69, 9.17) is 9.15 Å². The second-order valence-corrected chi connectivity index (χ2v) is 4.96. The Morgan fingerprint density at radius 3 is 2.57 bits per heavy atom. The van der Waals surface area contributed by atoms with Crippen LogP contribution >= 0.6 is 0 Å². The average Bonchev–Trinajstić information content (AvgIpc) is 2.87. The first-order valence-corrected chi connectivity index (χ1v) is 7.08. The molecule has 112 valence electrons. The highest BCUT2D eigenvalue weighted by Crippen LogP contribution is 2.18. The van der Waals surface area contributed by atoms with Gasteiger partial charge in [-0.3, -0.25) is 4.90 Å².